The highest BCUT2D eigenvalue weighted by atomic mass is 16.2. The third-order valence-corrected chi connectivity index (χ3v) is 4.76. The summed E-state index contributed by atoms with van der Waals surface area (Å²) >= 11 is 0. The van der Waals surface area contributed by atoms with Gasteiger partial charge >= 0.3 is 0 Å². The van der Waals surface area contributed by atoms with Crippen LogP contribution in [0.1, 0.15) is 43.7 Å². The first kappa shape index (κ1) is 14.5. The Balaban J connectivity index is 1.46. The van der Waals surface area contributed by atoms with E-state index in [1.165, 1.54) is 25.0 Å². The van der Waals surface area contributed by atoms with Gasteiger partial charge in [0.1, 0.15) is 0 Å². The van der Waals surface area contributed by atoms with Crippen LogP contribution in [0.25, 0.3) is 0 Å². The number of hydrogen-bond donors (Lipinski definition) is 0. The lowest BCUT2D eigenvalue weighted by Gasteiger charge is -2.34. The van der Waals surface area contributed by atoms with Crippen molar-refractivity contribution in [1.29, 1.82) is 0 Å². The van der Waals surface area contributed by atoms with E-state index in [-0.39, 0.29) is 0 Å². The fourth-order valence-electron chi connectivity index (χ4n) is 3.44. The lowest BCUT2D eigenvalue weighted by molar-refractivity contribution is -0.133. The molecule has 1 aromatic heterocycles. The summed E-state index contributed by atoms with van der Waals surface area (Å²) in [5.74, 6) is 0.888. The summed E-state index contributed by atoms with van der Waals surface area (Å²) in [5, 5.41) is 0. The van der Waals surface area contributed by atoms with Crippen LogP contribution in [-0.4, -0.2) is 53.4 Å². The predicted octanol–water partition coefficient (Wildman–Crippen LogP) is 2.27. The van der Waals surface area contributed by atoms with E-state index < -0.39 is 0 Å². The number of carbonyl (C=O) groups is 1. The first-order chi connectivity index (χ1) is 10.3. The third-order valence-electron chi connectivity index (χ3n) is 4.76. The van der Waals surface area contributed by atoms with Gasteiger partial charge in [0.05, 0.1) is 6.54 Å². The molecule has 4 heteroatoms. The minimum absolute atomic E-state index is 0.325. The standard InChI is InChI=1S/C17H25N3O/c21-17(20-10-4-1-5-11-20)14-19-12-7-15(8-13-19)16-6-2-3-9-18-16/h2-3,6,9,15H,1,4-5,7-8,10-14H2. The maximum absolute atomic E-state index is 12.3. The van der Waals surface area contributed by atoms with Crippen LogP contribution in [0.5, 0.6) is 0 Å². The van der Waals surface area contributed by atoms with Crippen LogP contribution in [0.4, 0.5) is 0 Å². The number of aromatic nitrogens is 1. The molecule has 21 heavy (non-hydrogen) atoms. The van der Waals surface area contributed by atoms with Crippen molar-refractivity contribution in [3.63, 3.8) is 0 Å². The zero-order valence-electron chi connectivity index (χ0n) is 12.7. The SMILES string of the molecule is O=C(CN1CCC(c2ccccn2)CC1)N1CCCCC1. The largest absolute Gasteiger partial charge is 0.342 e. The molecule has 0 bridgehead atoms. The Hall–Kier alpha value is -1.42. The predicted molar refractivity (Wildman–Crippen MR) is 83.1 cm³/mol. The molecule has 0 radical (unpaired) electrons. The van der Waals surface area contributed by atoms with E-state index in [4.69, 9.17) is 0 Å². The smallest absolute Gasteiger partial charge is 0.236 e. The fourth-order valence-corrected chi connectivity index (χ4v) is 3.44. The van der Waals surface area contributed by atoms with Gasteiger partial charge in [-0.15, -0.1) is 0 Å². The Labute approximate surface area is 127 Å². The topological polar surface area (TPSA) is 36.4 Å². The zero-order chi connectivity index (χ0) is 14.5. The minimum atomic E-state index is 0.325. The van der Waals surface area contributed by atoms with Crippen molar-refractivity contribution < 1.29 is 4.79 Å². The first-order valence-electron chi connectivity index (χ1n) is 8.24. The number of piperidine rings is 2. The summed E-state index contributed by atoms with van der Waals surface area (Å²) in [7, 11) is 0. The van der Waals surface area contributed by atoms with Gasteiger partial charge in [-0.1, -0.05) is 6.07 Å². The molecule has 0 unspecified atom stereocenters. The van der Waals surface area contributed by atoms with Gasteiger partial charge in [-0.05, 0) is 57.3 Å². The molecule has 0 spiro atoms. The van der Waals surface area contributed by atoms with Crippen molar-refractivity contribution in [2.24, 2.45) is 0 Å². The van der Waals surface area contributed by atoms with Gasteiger partial charge in [0.25, 0.3) is 0 Å². The second-order valence-electron chi connectivity index (χ2n) is 6.25. The van der Waals surface area contributed by atoms with Crippen LogP contribution < -0.4 is 0 Å². The molecule has 3 rings (SSSR count). The Morgan fingerprint density at radius 3 is 2.52 bits per heavy atom. The summed E-state index contributed by atoms with van der Waals surface area (Å²) in [6.45, 7) is 4.56. The van der Waals surface area contributed by atoms with Gasteiger partial charge in [0.15, 0.2) is 0 Å². The van der Waals surface area contributed by atoms with Crippen LogP contribution in [-0.2, 0) is 4.79 Å². The van der Waals surface area contributed by atoms with Crippen LogP contribution in [0.15, 0.2) is 24.4 Å². The molecule has 2 aliphatic rings. The van der Waals surface area contributed by atoms with Crippen molar-refractivity contribution in [2.45, 2.75) is 38.0 Å². The molecule has 4 nitrogen and oxygen atoms in total. The monoisotopic (exact) mass is 287 g/mol. The summed E-state index contributed by atoms with van der Waals surface area (Å²) in [6, 6.07) is 6.16. The molecule has 0 aliphatic carbocycles. The molecule has 0 aromatic carbocycles. The normalized spacial score (nSPS) is 21.4. The fraction of sp³-hybridized carbons (Fsp3) is 0.647. The molecular weight excluding hydrogens is 262 g/mol. The summed E-state index contributed by atoms with van der Waals surface area (Å²) in [4.78, 5) is 21.1. The molecule has 0 saturated carbocycles. The van der Waals surface area contributed by atoms with Crippen LogP contribution >= 0.6 is 0 Å². The van der Waals surface area contributed by atoms with E-state index in [0.29, 0.717) is 18.4 Å². The summed E-state index contributed by atoms with van der Waals surface area (Å²) < 4.78 is 0. The van der Waals surface area contributed by atoms with E-state index in [1.807, 2.05) is 17.2 Å². The van der Waals surface area contributed by atoms with E-state index in [0.717, 1.165) is 39.0 Å². The number of carbonyl (C=O) groups excluding carboxylic acids is 1. The second-order valence-corrected chi connectivity index (χ2v) is 6.25. The third kappa shape index (κ3) is 3.82. The number of rotatable bonds is 3. The molecule has 114 valence electrons. The Kier molecular flexibility index (Phi) is 4.86. The van der Waals surface area contributed by atoms with Crippen LogP contribution in [0.3, 0.4) is 0 Å². The highest BCUT2D eigenvalue weighted by Crippen LogP contribution is 2.26. The average molecular weight is 287 g/mol. The van der Waals surface area contributed by atoms with Crippen molar-refractivity contribution in [2.75, 3.05) is 32.7 Å². The van der Waals surface area contributed by atoms with E-state index in [2.05, 4.69) is 22.0 Å². The lowest BCUT2D eigenvalue weighted by Crippen LogP contribution is -2.44. The Morgan fingerprint density at radius 2 is 1.86 bits per heavy atom. The molecule has 3 heterocycles. The van der Waals surface area contributed by atoms with Gasteiger partial charge in [-0.3, -0.25) is 14.7 Å². The number of amides is 1. The molecule has 2 aliphatic heterocycles. The number of pyridine rings is 1. The van der Waals surface area contributed by atoms with Gasteiger partial charge in [0, 0.05) is 30.9 Å². The minimum Gasteiger partial charge on any atom is -0.342 e. The van der Waals surface area contributed by atoms with E-state index in [9.17, 15) is 4.79 Å². The van der Waals surface area contributed by atoms with Gasteiger partial charge in [0.2, 0.25) is 5.91 Å². The van der Waals surface area contributed by atoms with Crippen molar-refractivity contribution in [3.05, 3.63) is 30.1 Å². The molecule has 2 fully saturated rings. The summed E-state index contributed by atoms with van der Waals surface area (Å²) in [6.07, 6.45) is 7.73. The number of nitrogens with zero attached hydrogens (tertiary/aromatic N) is 3. The second kappa shape index (κ2) is 7.03. The highest BCUT2D eigenvalue weighted by molar-refractivity contribution is 5.78. The Morgan fingerprint density at radius 1 is 1.10 bits per heavy atom. The quantitative estimate of drug-likeness (QED) is 0.855. The van der Waals surface area contributed by atoms with Crippen LogP contribution in [0, 0.1) is 0 Å². The number of hydrogen-bond acceptors (Lipinski definition) is 3. The first-order valence-corrected chi connectivity index (χ1v) is 8.24. The van der Waals surface area contributed by atoms with Gasteiger partial charge in [-0.25, -0.2) is 0 Å². The van der Waals surface area contributed by atoms with Crippen LogP contribution in [0.2, 0.25) is 0 Å². The van der Waals surface area contributed by atoms with Gasteiger partial charge < -0.3 is 4.90 Å². The summed E-state index contributed by atoms with van der Waals surface area (Å²) in [5.41, 5.74) is 1.21. The van der Waals surface area contributed by atoms with E-state index >= 15 is 0 Å². The lowest BCUT2D eigenvalue weighted by atomic mass is 9.93. The average Bonchev–Trinajstić information content (AvgIpc) is 2.57. The molecule has 0 atom stereocenters. The maximum atomic E-state index is 12.3. The zero-order valence-corrected chi connectivity index (χ0v) is 12.7. The molecule has 1 amide bonds. The van der Waals surface area contributed by atoms with Crippen molar-refractivity contribution >= 4 is 5.91 Å². The van der Waals surface area contributed by atoms with Crippen molar-refractivity contribution in [3.8, 4) is 0 Å². The van der Waals surface area contributed by atoms with Gasteiger partial charge in [-0.2, -0.15) is 0 Å². The maximum Gasteiger partial charge on any atom is 0.236 e. The molecule has 0 N–H and O–H groups in total. The molecule has 2 saturated heterocycles. The number of likely N-dealkylation sites (tertiary alicyclic amines) is 2. The van der Waals surface area contributed by atoms with Crippen molar-refractivity contribution in [1.82, 2.24) is 14.8 Å². The molecule has 1 aromatic rings. The van der Waals surface area contributed by atoms with E-state index in [1.54, 1.807) is 0 Å². The molecular formula is C17H25N3O. The highest BCUT2D eigenvalue weighted by Gasteiger charge is 2.24. The Bertz CT molecular complexity index is 448.